The van der Waals surface area contributed by atoms with Crippen LogP contribution in [-0.4, -0.2) is 41.7 Å². The number of aliphatic carboxylic acids is 1. The van der Waals surface area contributed by atoms with Crippen LogP contribution in [0, 0.1) is 0 Å². The molecule has 0 radical (unpaired) electrons. The molecule has 1 aromatic rings. The molecule has 1 rings (SSSR count). The molecule has 0 spiro atoms. The van der Waals surface area contributed by atoms with E-state index >= 15 is 0 Å². The lowest BCUT2D eigenvalue weighted by Gasteiger charge is -2.17. The molecule has 0 aliphatic rings. The summed E-state index contributed by atoms with van der Waals surface area (Å²) in [5.74, 6) is -0.880. The molecule has 0 atom stereocenters. The first-order valence-corrected chi connectivity index (χ1v) is 9.61. The van der Waals surface area contributed by atoms with E-state index < -0.39 is 5.97 Å². The Bertz CT molecular complexity index is 770. The van der Waals surface area contributed by atoms with E-state index in [1.807, 2.05) is 44.4 Å². The number of hydrogen-bond donors (Lipinski definition) is 2. The number of rotatable bonds is 11. The van der Waals surface area contributed by atoms with Crippen LogP contribution in [0.25, 0.3) is 5.57 Å². The first-order chi connectivity index (χ1) is 13.3. The van der Waals surface area contributed by atoms with E-state index in [1.54, 1.807) is 6.08 Å². The molecule has 4 heteroatoms. The lowest BCUT2D eigenvalue weighted by molar-refractivity contribution is -0.136. The molecule has 0 unspecified atom stereocenters. The molecule has 0 bridgehead atoms. The summed E-state index contributed by atoms with van der Waals surface area (Å²) >= 11 is 0. The molecule has 0 aliphatic carbocycles. The van der Waals surface area contributed by atoms with Gasteiger partial charge < -0.3 is 15.1 Å². The first-order valence-electron chi connectivity index (χ1n) is 9.61. The van der Waals surface area contributed by atoms with Crippen LogP contribution >= 0.6 is 0 Å². The van der Waals surface area contributed by atoms with Crippen LogP contribution < -0.4 is 0 Å². The van der Waals surface area contributed by atoms with Crippen molar-refractivity contribution in [3.05, 3.63) is 76.9 Å². The van der Waals surface area contributed by atoms with E-state index in [4.69, 9.17) is 5.11 Å². The average molecular weight is 384 g/mol. The van der Waals surface area contributed by atoms with Crippen LogP contribution in [0.5, 0.6) is 0 Å². The molecule has 0 aromatic heterocycles. The number of aliphatic hydroxyl groups excluding tert-OH is 1. The van der Waals surface area contributed by atoms with E-state index in [0.29, 0.717) is 5.57 Å². The van der Waals surface area contributed by atoms with Crippen molar-refractivity contribution >= 4 is 11.5 Å². The number of carbonyl (C=O) groups is 1. The molecule has 28 heavy (non-hydrogen) atoms. The highest BCUT2D eigenvalue weighted by atomic mass is 16.4. The number of nitrogens with zero attached hydrogens (tertiary/aromatic N) is 1. The lowest BCUT2D eigenvalue weighted by Crippen LogP contribution is -2.12. The highest BCUT2D eigenvalue weighted by Gasteiger charge is 2.11. The first kappa shape index (κ1) is 23.6. The molecule has 0 fully saturated rings. The van der Waals surface area contributed by atoms with Gasteiger partial charge in [-0.05, 0) is 67.3 Å². The van der Waals surface area contributed by atoms with Crippen molar-refractivity contribution in [1.82, 2.24) is 4.90 Å². The third-order valence-corrected chi connectivity index (χ3v) is 4.57. The van der Waals surface area contributed by atoms with Gasteiger partial charge in [0.2, 0.25) is 0 Å². The quantitative estimate of drug-likeness (QED) is 0.538. The van der Waals surface area contributed by atoms with Gasteiger partial charge in [0.25, 0.3) is 0 Å². The Labute approximate surface area is 169 Å². The Balaban J connectivity index is 3.36. The second kappa shape index (κ2) is 12.1. The summed E-state index contributed by atoms with van der Waals surface area (Å²) in [7, 11) is 4.10. The standard InChI is InChI=1S/C24H33NO3/c1-6-20(14-13-18(2)16-24(27)28)19(3)22(12-9-15-25(4)5)23-11-8-7-10-21(23)17-26/h7-8,10-14,26H,2,6,9,15-17H2,1,3-5H3,(H,27,28)/b14-13-,20-19+,22-12+. The van der Waals surface area contributed by atoms with Crippen LogP contribution in [0.15, 0.2) is 65.8 Å². The molecule has 0 amide bonds. The molecule has 0 saturated carbocycles. The van der Waals surface area contributed by atoms with Crippen molar-refractivity contribution in [2.75, 3.05) is 20.6 Å². The molecule has 1 aromatic carbocycles. The highest BCUT2D eigenvalue weighted by Crippen LogP contribution is 2.30. The zero-order chi connectivity index (χ0) is 21.1. The minimum absolute atomic E-state index is 0.0127. The fourth-order valence-electron chi connectivity index (χ4n) is 3.01. The van der Waals surface area contributed by atoms with Gasteiger partial charge >= 0.3 is 5.97 Å². The van der Waals surface area contributed by atoms with E-state index in [0.717, 1.165) is 47.2 Å². The van der Waals surface area contributed by atoms with Crippen molar-refractivity contribution in [3.63, 3.8) is 0 Å². The van der Waals surface area contributed by atoms with Gasteiger partial charge in [-0.2, -0.15) is 0 Å². The summed E-state index contributed by atoms with van der Waals surface area (Å²) in [5, 5.41) is 18.7. The summed E-state index contributed by atoms with van der Waals surface area (Å²) in [6, 6.07) is 7.90. The van der Waals surface area contributed by atoms with Crippen molar-refractivity contribution in [2.45, 2.75) is 39.7 Å². The van der Waals surface area contributed by atoms with Gasteiger partial charge in [0.1, 0.15) is 0 Å². The van der Waals surface area contributed by atoms with E-state index in [9.17, 15) is 9.90 Å². The summed E-state index contributed by atoms with van der Waals surface area (Å²) in [5.41, 5.74) is 5.85. The van der Waals surface area contributed by atoms with Gasteiger partial charge in [-0.15, -0.1) is 0 Å². The van der Waals surface area contributed by atoms with E-state index in [1.165, 1.54) is 0 Å². The maximum atomic E-state index is 10.9. The second-order valence-corrected chi connectivity index (χ2v) is 7.09. The average Bonchev–Trinajstić information content (AvgIpc) is 2.64. The monoisotopic (exact) mass is 383 g/mol. The minimum atomic E-state index is -0.880. The van der Waals surface area contributed by atoms with Gasteiger partial charge in [0, 0.05) is 6.54 Å². The Morgan fingerprint density at radius 3 is 2.46 bits per heavy atom. The van der Waals surface area contributed by atoms with Gasteiger partial charge in [-0.25, -0.2) is 0 Å². The Morgan fingerprint density at radius 2 is 1.89 bits per heavy atom. The third-order valence-electron chi connectivity index (χ3n) is 4.57. The van der Waals surface area contributed by atoms with Gasteiger partial charge in [0.15, 0.2) is 0 Å². The van der Waals surface area contributed by atoms with Crippen LogP contribution in [0.3, 0.4) is 0 Å². The van der Waals surface area contributed by atoms with Crippen LogP contribution in [0.1, 0.15) is 44.2 Å². The third kappa shape index (κ3) is 7.67. The number of hydrogen-bond acceptors (Lipinski definition) is 3. The predicted molar refractivity (Wildman–Crippen MR) is 117 cm³/mol. The van der Waals surface area contributed by atoms with Crippen LogP contribution in [0.4, 0.5) is 0 Å². The van der Waals surface area contributed by atoms with Crippen LogP contribution in [0.2, 0.25) is 0 Å². The molecule has 2 N–H and O–H groups in total. The van der Waals surface area contributed by atoms with Crippen LogP contribution in [-0.2, 0) is 11.4 Å². The lowest BCUT2D eigenvalue weighted by atomic mass is 9.90. The van der Waals surface area contributed by atoms with Gasteiger partial charge in [-0.1, -0.05) is 56.0 Å². The number of carboxylic acids is 1. The maximum absolute atomic E-state index is 10.9. The summed E-state index contributed by atoms with van der Waals surface area (Å²) in [4.78, 5) is 13.0. The van der Waals surface area contributed by atoms with Crippen molar-refractivity contribution in [3.8, 4) is 0 Å². The van der Waals surface area contributed by atoms with Gasteiger partial charge in [0.05, 0.1) is 13.0 Å². The maximum Gasteiger partial charge on any atom is 0.307 e. The number of aliphatic hydroxyl groups is 1. The van der Waals surface area contributed by atoms with E-state index in [-0.39, 0.29) is 13.0 Å². The Morgan fingerprint density at radius 1 is 1.21 bits per heavy atom. The highest BCUT2D eigenvalue weighted by molar-refractivity contribution is 5.81. The normalized spacial score (nSPS) is 13.1. The molecular formula is C24H33NO3. The topological polar surface area (TPSA) is 60.8 Å². The van der Waals surface area contributed by atoms with Crippen molar-refractivity contribution < 1.29 is 15.0 Å². The number of benzene rings is 1. The number of allylic oxidation sites excluding steroid dienone is 5. The molecule has 0 aliphatic heterocycles. The summed E-state index contributed by atoms with van der Waals surface area (Å²) < 4.78 is 0. The molecule has 4 nitrogen and oxygen atoms in total. The van der Waals surface area contributed by atoms with E-state index in [2.05, 4.69) is 31.4 Å². The number of carboxylic acid groups (broad SMARTS) is 1. The largest absolute Gasteiger partial charge is 0.481 e. The fourth-order valence-corrected chi connectivity index (χ4v) is 3.01. The summed E-state index contributed by atoms with van der Waals surface area (Å²) in [6.07, 6.45) is 7.61. The van der Waals surface area contributed by atoms with Gasteiger partial charge in [-0.3, -0.25) is 4.79 Å². The zero-order valence-corrected chi connectivity index (χ0v) is 17.5. The Hall–Kier alpha value is -2.43. The minimum Gasteiger partial charge on any atom is -0.481 e. The fraction of sp³-hybridized carbons (Fsp3) is 0.375. The van der Waals surface area contributed by atoms with Crippen molar-refractivity contribution in [1.29, 1.82) is 0 Å². The molecule has 0 saturated heterocycles. The zero-order valence-electron chi connectivity index (χ0n) is 17.5. The predicted octanol–water partition coefficient (Wildman–Crippen LogP) is 4.83. The van der Waals surface area contributed by atoms with Crippen molar-refractivity contribution in [2.24, 2.45) is 0 Å². The smallest absolute Gasteiger partial charge is 0.307 e. The summed E-state index contributed by atoms with van der Waals surface area (Å²) in [6.45, 7) is 8.90. The molecular weight excluding hydrogens is 350 g/mol. The Kier molecular flexibility index (Phi) is 10.2. The molecule has 152 valence electrons. The second-order valence-electron chi connectivity index (χ2n) is 7.09. The SMILES string of the molecule is C=C(\C=C/C(CC)=C(C)/C(=C\CCN(C)C)c1ccccc1CO)CC(=O)O. The molecule has 0 heterocycles.